The van der Waals surface area contributed by atoms with Crippen LogP contribution < -0.4 is 0 Å². The molecular weight excluding hydrogens is 212 g/mol. The number of nitriles is 1. The van der Waals surface area contributed by atoms with E-state index in [4.69, 9.17) is 0 Å². The van der Waals surface area contributed by atoms with Gasteiger partial charge in [-0.2, -0.15) is 5.26 Å². The van der Waals surface area contributed by atoms with Gasteiger partial charge in [0.15, 0.2) is 0 Å². The summed E-state index contributed by atoms with van der Waals surface area (Å²) >= 11 is 0. The molecule has 0 aromatic rings. The summed E-state index contributed by atoms with van der Waals surface area (Å²) in [5, 5.41) is 20.8. The van der Waals surface area contributed by atoms with E-state index in [-0.39, 0.29) is 6.04 Å². The first-order valence-electron chi connectivity index (χ1n) is 7.10. The maximum atomic E-state index is 11.2. The molecule has 0 bridgehead atoms. The van der Waals surface area contributed by atoms with E-state index in [0.717, 1.165) is 51.6 Å². The number of rotatable bonds is 1. The largest absolute Gasteiger partial charge is 0.387 e. The maximum absolute atomic E-state index is 11.2. The Balaban J connectivity index is 1.92. The fraction of sp³-hybridized carbons (Fsp3) is 0.929. The van der Waals surface area contributed by atoms with Crippen LogP contribution in [-0.4, -0.2) is 34.7 Å². The van der Waals surface area contributed by atoms with Gasteiger partial charge in [-0.15, -0.1) is 0 Å². The van der Waals surface area contributed by atoms with Crippen molar-refractivity contribution in [3.63, 3.8) is 0 Å². The zero-order valence-electron chi connectivity index (χ0n) is 10.5. The van der Waals surface area contributed by atoms with Crippen LogP contribution in [0.15, 0.2) is 0 Å². The second-order valence-electron chi connectivity index (χ2n) is 6.12. The van der Waals surface area contributed by atoms with Crippen LogP contribution in [0.3, 0.4) is 0 Å². The third kappa shape index (κ3) is 1.47. The van der Waals surface area contributed by atoms with E-state index >= 15 is 0 Å². The van der Waals surface area contributed by atoms with Crippen LogP contribution in [0.1, 0.15) is 51.4 Å². The van der Waals surface area contributed by atoms with Gasteiger partial charge in [0.2, 0.25) is 0 Å². The average Bonchev–Trinajstić information content (AvgIpc) is 2.97. The van der Waals surface area contributed by atoms with E-state index in [1.165, 1.54) is 12.8 Å². The summed E-state index contributed by atoms with van der Waals surface area (Å²) in [5.74, 6) is 0. The average molecular weight is 234 g/mol. The minimum atomic E-state index is -0.724. The van der Waals surface area contributed by atoms with Crippen molar-refractivity contribution in [1.82, 2.24) is 4.90 Å². The van der Waals surface area contributed by atoms with E-state index in [1.54, 1.807) is 0 Å². The van der Waals surface area contributed by atoms with Crippen LogP contribution in [0.2, 0.25) is 0 Å². The smallest absolute Gasteiger partial charge is 0.0999 e. The van der Waals surface area contributed by atoms with Gasteiger partial charge in [-0.3, -0.25) is 4.90 Å². The van der Waals surface area contributed by atoms with Crippen molar-refractivity contribution >= 4 is 0 Å². The van der Waals surface area contributed by atoms with Gasteiger partial charge in [-0.25, -0.2) is 0 Å². The van der Waals surface area contributed by atoms with Crippen LogP contribution in [0.5, 0.6) is 0 Å². The molecule has 0 amide bonds. The third-order valence-corrected chi connectivity index (χ3v) is 5.44. The molecule has 3 nitrogen and oxygen atoms in total. The highest BCUT2D eigenvalue weighted by atomic mass is 16.3. The van der Waals surface area contributed by atoms with Gasteiger partial charge in [0.1, 0.15) is 0 Å². The van der Waals surface area contributed by atoms with Crippen molar-refractivity contribution in [2.45, 2.75) is 63.0 Å². The van der Waals surface area contributed by atoms with Crippen LogP contribution in [-0.2, 0) is 0 Å². The Hall–Kier alpha value is -0.590. The lowest BCUT2D eigenvalue weighted by Crippen LogP contribution is -2.56. The Bertz CT molecular complexity index is 343. The zero-order chi connectivity index (χ0) is 11.9. The zero-order valence-corrected chi connectivity index (χ0v) is 10.5. The number of fused-ring (bicyclic) bond motifs is 1. The first kappa shape index (κ1) is 11.5. The first-order valence-corrected chi connectivity index (χ1v) is 7.10. The van der Waals surface area contributed by atoms with Gasteiger partial charge in [0.05, 0.1) is 17.1 Å². The quantitative estimate of drug-likeness (QED) is 0.755. The molecule has 2 atom stereocenters. The Morgan fingerprint density at radius 2 is 1.82 bits per heavy atom. The topological polar surface area (TPSA) is 47.3 Å². The first-order chi connectivity index (χ1) is 8.22. The predicted octanol–water partition coefficient (Wildman–Crippen LogP) is 2.06. The highest BCUT2D eigenvalue weighted by Crippen LogP contribution is 2.53. The second kappa shape index (κ2) is 3.96. The monoisotopic (exact) mass is 234 g/mol. The van der Waals surface area contributed by atoms with Gasteiger partial charge in [0.25, 0.3) is 0 Å². The van der Waals surface area contributed by atoms with Crippen LogP contribution in [0.25, 0.3) is 0 Å². The Labute approximate surface area is 103 Å². The summed E-state index contributed by atoms with van der Waals surface area (Å²) in [5.41, 5.74) is -1.16. The van der Waals surface area contributed by atoms with Gasteiger partial charge in [-0.1, -0.05) is 19.3 Å². The fourth-order valence-corrected chi connectivity index (χ4v) is 4.46. The summed E-state index contributed by atoms with van der Waals surface area (Å²) in [6.07, 6.45) is 8.40. The Morgan fingerprint density at radius 3 is 2.53 bits per heavy atom. The Kier molecular flexibility index (Phi) is 2.68. The lowest BCUT2D eigenvalue weighted by Gasteiger charge is -2.45. The summed E-state index contributed by atoms with van der Waals surface area (Å²) in [6, 6.07) is 2.77. The summed E-state index contributed by atoms with van der Waals surface area (Å²) in [6.45, 7) is 2.11. The molecule has 0 spiro atoms. The summed E-state index contributed by atoms with van der Waals surface area (Å²) in [4.78, 5) is 2.43. The molecule has 2 heterocycles. The van der Waals surface area contributed by atoms with Crippen LogP contribution >= 0.6 is 0 Å². The lowest BCUT2D eigenvalue weighted by atomic mass is 9.66. The number of aliphatic hydroxyl groups is 1. The van der Waals surface area contributed by atoms with Crippen molar-refractivity contribution < 1.29 is 5.11 Å². The normalized spacial score (nSPS) is 41.1. The molecule has 3 rings (SSSR count). The molecule has 3 heteroatoms. The molecule has 2 unspecified atom stereocenters. The maximum Gasteiger partial charge on any atom is 0.0999 e. The molecular formula is C14H22N2O. The summed E-state index contributed by atoms with van der Waals surface area (Å²) in [7, 11) is 0. The molecule has 1 N–H and O–H groups in total. The molecule has 2 saturated heterocycles. The number of nitrogens with zero attached hydrogens (tertiary/aromatic N) is 2. The molecule has 1 aliphatic carbocycles. The van der Waals surface area contributed by atoms with E-state index < -0.39 is 11.0 Å². The van der Waals surface area contributed by atoms with Gasteiger partial charge in [0, 0.05) is 12.6 Å². The number of piperidine rings is 1. The minimum absolute atomic E-state index is 0.258. The predicted molar refractivity (Wildman–Crippen MR) is 65.3 cm³/mol. The second-order valence-corrected chi connectivity index (χ2v) is 6.12. The van der Waals surface area contributed by atoms with Crippen molar-refractivity contribution in [3.05, 3.63) is 0 Å². The molecule has 17 heavy (non-hydrogen) atoms. The molecule has 0 aromatic heterocycles. The van der Waals surface area contributed by atoms with Crippen molar-refractivity contribution in [3.8, 4) is 6.07 Å². The number of hydrogen-bond donors (Lipinski definition) is 1. The fourth-order valence-electron chi connectivity index (χ4n) is 4.46. The van der Waals surface area contributed by atoms with Crippen LogP contribution in [0, 0.1) is 16.7 Å². The van der Waals surface area contributed by atoms with E-state index in [0.29, 0.717) is 0 Å². The molecule has 2 aliphatic heterocycles. The van der Waals surface area contributed by atoms with Crippen molar-refractivity contribution in [1.29, 1.82) is 5.26 Å². The molecule has 1 saturated carbocycles. The van der Waals surface area contributed by atoms with Crippen LogP contribution in [0.4, 0.5) is 0 Å². The van der Waals surface area contributed by atoms with Gasteiger partial charge >= 0.3 is 0 Å². The van der Waals surface area contributed by atoms with E-state index in [9.17, 15) is 10.4 Å². The lowest BCUT2D eigenvalue weighted by molar-refractivity contribution is -0.0850. The SMILES string of the molecule is N#CC1(C2(O)CCN3CCCCC32)CCCC1. The molecule has 3 aliphatic rings. The third-order valence-electron chi connectivity index (χ3n) is 5.44. The molecule has 3 fully saturated rings. The molecule has 0 radical (unpaired) electrons. The standard InChI is InChI=1S/C14H22N2O/c15-11-13(6-2-3-7-13)14(17)8-10-16-9-4-1-5-12(14)16/h12,17H,1-10H2. The molecule has 94 valence electrons. The van der Waals surface area contributed by atoms with Gasteiger partial charge < -0.3 is 5.11 Å². The minimum Gasteiger partial charge on any atom is -0.387 e. The van der Waals surface area contributed by atoms with Crippen molar-refractivity contribution in [2.24, 2.45) is 5.41 Å². The number of hydrogen-bond acceptors (Lipinski definition) is 3. The summed E-state index contributed by atoms with van der Waals surface area (Å²) < 4.78 is 0. The highest BCUT2D eigenvalue weighted by Gasteiger charge is 2.60. The van der Waals surface area contributed by atoms with E-state index in [2.05, 4.69) is 11.0 Å². The van der Waals surface area contributed by atoms with E-state index in [1.807, 2.05) is 0 Å². The van der Waals surface area contributed by atoms with Crippen molar-refractivity contribution in [2.75, 3.05) is 13.1 Å². The van der Waals surface area contributed by atoms with Gasteiger partial charge in [-0.05, 0) is 38.6 Å². The highest BCUT2D eigenvalue weighted by molar-refractivity contribution is 5.20. The Morgan fingerprint density at radius 1 is 1.06 bits per heavy atom. The molecule has 0 aromatic carbocycles.